The molecule has 1 aromatic carbocycles. The fraction of sp³-hybridized carbons (Fsp3) is 0.389. The summed E-state index contributed by atoms with van der Waals surface area (Å²) in [5, 5.41) is 1.27. The summed E-state index contributed by atoms with van der Waals surface area (Å²) in [7, 11) is -3.32. The molecule has 2 atom stereocenters. The van der Waals surface area contributed by atoms with Gasteiger partial charge in [-0.1, -0.05) is 18.2 Å². The fourth-order valence-electron chi connectivity index (χ4n) is 3.00. The molecule has 3 rings (SSSR count). The Labute approximate surface area is 156 Å². The van der Waals surface area contributed by atoms with Gasteiger partial charge in [0.15, 0.2) is 27.5 Å². The molecule has 2 unspecified atom stereocenters. The van der Waals surface area contributed by atoms with Crippen molar-refractivity contribution in [3.8, 4) is 5.75 Å². The maximum absolute atomic E-state index is 13.7. The molecule has 1 saturated heterocycles. The van der Waals surface area contributed by atoms with Gasteiger partial charge in [0.1, 0.15) is 0 Å². The molecule has 1 aliphatic rings. The lowest BCUT2D eigenvalue weighted by Gasteiger charge is -2.24. The summed E-state index contributed by atoms with van der Waals surface area (Å²) in [6.07, 6.45) is -0.547. The Morgan fingerprint density at radius 3 is 2.73 bits per heavy atom. The maximum atomic E-state index is 13.7. The second kappa shape index (κ2) is 7.75. The molecule has 140 valence electrons. The first kappa shape index (κ1) is 18.8. The number of sulfone groups is 1. The molecule has 0 N–H and O–H groups in total. The molecule has 0 saturated carbocycles. The average molecular weight is 397 g/mol. The first-order valence-corrected chi connectivity index (χ1v) is 10.9. The lowest BCUT2D eigenvalue weighted by atomic mass is 10.2. The predicted octanol–water partition coefficient (Wildman–Crippen LogP) is 3.04. The van der Waals surface area contributed by atoms with Gasteiger partial charge in [-0.3, -0.25) is 4.79 Å². The average Bonchev–Trinajstić information content (AvgIpc) is 3.07. The van der Waals surface area contributed by atoms with Gasteiger partial charge in [0.25, 0.3) is 5.91 Å². The Hall–Kier alpha value is -1.93. The van der Waals surface area contributed by atoms with E-state index in [1.54, 1.807) is 19.1 Å². The van der Waals surface area contributed by atoms with E-state index in [-0.39, 0.29) is 24.0 Å². The van der Waals surface area contributed by atoms with Crippen molar-refractivity contribution < 1.29 is 22.3 Å². The van der Waals surface area contributed by atoms with Gasteiger partial charge >= 0.3 is 0 Å². The van der Waals surface area contributed by atoms with Crippen LogP contribution in [0.4, 0.5) is 4.39 Å². The third-order valence-electron chi connectivity index (χ3n) is 4.40. The number of benzene rings is 1. The Morgan fingerprint density at radius 2 is 2.04 bits per heavy atom. The molecule has 0 aliphatic carbocycles. The van der Waals surface area contributed by atoms with E-state index in [0.717, 1.165) is 4.88 Å². The lowest BCUT2D eigenvalue weighted by Crippen LogP contribution is -2.42. The molecule has 1 aromatic heterocycles. The summed E-state index contributed by atoms with van der Waals surface area (Å²) >= 11 is 1.41. The van der Waals surface area contributed by atoms with Crippen LogP contribution in [0.5, 0.6) is 5.75 Å². The highest BCUT2D eigenvalue weighted by Crippen LogP contribution is 2.32. The highest BCUT2D eigenvalue weighted by Gasteiger charge is 2.34. The quantitative estimate of drug-likeness (QED) is 0.796. The molecule has 0 spiro atoms. The Kier molecular flexibility index (Phi) is 5.62. The molecule has 1 amide bonds. The number of nitrogens with zero attached hydrogens (tertiary/aromatic N) is 1. The summed E-state index contributed by atoms with van der Waals surface area (Å²) in [5.74, 6) is -0.959. The molecule has 0 radical (unpaired) electrons. The van der Waals surface area contributed by atoms with E-state index in [1.165, 1.54) is 28.4 Å². The van der Waals surface area contributed by atoms with Gasteiger partial charge in [0.05, 0.1) is 11.0 Å². The SMILES string of the molecule is CC(Oc1ccccc1F)C(=O)N1CCC(c2cccs2)S(=O)(=O)CC1. The summed E-state index contributed by atoms with van der Waals surface area (Å²) in [6.45, 7) is 1.99. The van der Waals surface area contributed by atoms with Crippen LogP contribution in [0.15, 0.2) is 41.8 Å². The van der Waals surface area contributed by atoms with Gasteiger partial charge < -0.3 is 9.64 Å². The zero-order valence-corrected chi connectivity index (χ0v) is 15.9. The zero-order valence-electron chi connectivity index (χ0n) is 14.3. The van der Waals surface area contributed by atoms with E-state index in [0.29, 0.717) is 13.0 Å². The van der Waals surface area contributed by atoms with Crippen LogP contribution in [0, 0.1) is 5.82 Å². The van der Waals surface area contributed by atoms with Crippen LogP contribution in [-0.2, 0) is 14.6 Å². The third kappa shape index (κ3) is 4.07. The molecule has 26 heavy (non-hydrogen) atoms. The van der Waals surface area contributed by atoms with Crippen molar-refractivity contribution in [2.45, 2.75) is 24.7 Å². The normalized spacial score (nSPS) is 21.0. The topological polar surface area (TPSA) is 63.7 Å². The van der Waals surface area contributed by atoms with E-state index in [2.05, 4.69) is 0 Å². The first-order chi connectivity index (χ1) is 12.4. The van der Waals surface area contributed by atoms with Crippen molar-refractivity contribution in [2.75, 3.05) is 18.8 Å². The number of para-hydroxylation sites is 1. The number of rotatable bonds is 4. The van der Waals surface area contributed by atoms with Gasteiger partial charge in [0, 0.05) is 18.0 Å². The van der Waals surface area contributed by atoms with Crippen LogP contribution in [0.1, 0.15) is 23.5 Å². The summed E-state index contributed by atoms with van der Waals surface area (Å²) in [4.78, 5) is 15.0. The standard InChI is InChI=1S/C18H20FNO4S2/c1-13(24-15-6-3-2-5-14(15)19)18(21)20-9-8-17(16-7-4-11-25-16)26(22,23)12-10-20/h2-7,11,13,17H,8-10,12H2,1H3. The molecule has 5 nitrogen and oxygen atoms in total. The van der Waals surface area contributed by atoms with Gasteiger partial charge in [-0.25, -0.2) is 12.8 Å². The Morgan fingerprint density at radius 1 is 1.27 bits per heavy atom. The Bertz CT molecular complexity index is 867. The summed E-state index contributed by atoms with van der Waals surface area (Å²) in [6, 6.07) is 9.52. The van der Waals surface area contributed by atoms with E-state index in [1.807, 2.05) is 17.5 Å². The number of amides is 1. The molecular weight excluding hydrogens is 377 g/mol. The molecule has 2 aromatic rings. The van der Waals surface area contributed by atoms with Gasteiger partial charge in [-0.05, 0) is 36.9 Å². The van der Waals surface area contributed by atoms with E-state index in [4.69, 9.17) is 4.74 Å². The van der Waals surface area contributed by atoms with Crippen molar-refractivity contribution in [3.05, 3.63) is 52.5 Å². The number of carbonyl (C=O) groups excluding carboxylic acids is 1. The van der Waals surface area contributed by atoms with Crippen molar-refractivity contribution in [3.63, 3.8) is 0 Å². The fourth-order valence-corrected chi connectivity index (χ4v) is 6.00. The minimum Gasteiger partial charge on any atom is -0.478 e. The largest absolute Gasteiger partial charge is 0.478 e. The number of carbonyl (C=O) groups is 1. The molecule has 8 heteroatoms. The van der Waals surface area contributed by atoms with Crippen molar-refractivity contribution in [2.24, 2.45) is 0 Å². The van der Waals surface area contributed by atoms with Crippen molar-refractivity contribution in [1.29, 1.82) is 0 Å². The number of hydrogen-bond acceptors (Lipinski definition) is 5. The monoisotopic (exact) mass is 397 g/mol. The van der Waals surface area contributed by atoms with Crippen LogP contribution >= 0.6 is 11.3 Å². The number of halogens is 1. The molecular formula is C18H20FNO4S2. The van der Waals surface area contributed by atoms with E-state index >= 15 is 0 Å². The second-order valence-corrected chi connectivity index (χ2v) is 9.46. The van der Waals surface area contributed by atoms with Crippen LogP contribution in [0.2, 0.25) is 0 Å². The molecule has 2 heterocycles. The minimum absolute atomic E-state index is 0.00672. The predicted molar refractivity (Wildman–Crippen MR) is 98.5 cm³/mol. The molecule has 1 fully saturated rings. The highest BCUT2D eigenvalue weighted by molar-refractivity contribution is 7.91. The summed E-state index contributed by atoms with van der Waals surface area (Å²) in [5.41, 5.74) is 0. The highest BCUT2D eigenvalue weighted by atomic mass is 32.2. The van der Waals surface area contributed by atoms with Crippen LogP contribution in [0.3, 0.4) is 0 Å². The lowest BCUT2D eigenvalue weighted by molar-refractivity contribution is -0.137. The van der Waals surface area contributed by atoms with Crippen molar-refractivity contribution >= 4 is 27.1 Å². The number of hydrogen-bond donors (Lipinski definition) is 0. The van der Waals surface area contributed by atoms with Crippen LogP contribution in [0.25, 0.3) is 0 Å². The second-order valence-electron chi connectivity index (χ2n) is 6.18. The Balaban J connectivity index is 1.70. The third-order valence-corrected chi connectivity index (χ3v) is 7.64. The van der Waals surface area contributed by atoms with Crippen molar-refractivity contribution in [1.82, 2.24) is 4.90 Å². The smallest absolute Gasteiger partial charge is 0.263 e. The van der Waals surface area contributed by atoms with E-state index < -0.39 is 27.0 Å². The number of ether oxygens (including phenoxy) is 1. The van der Waals surface area contributed by atoms with Gasteiger partial charge in [0.2, 0.25) is 0 Å². The maximum Gasteiger partial charge on any atom is 0.263 e. The van der Waals surface area contributed by atoms with E-state index in [9.17, 15) is 17.6 Å². The molecule has 0 bridgehead atoms. The zero-order chi connectivity index (χ0) is 18.7. The van der Waals surface area contributed by atoms with Gasteiger partial charge in [-0.2, -0.15) is 0 Å². The minimum atomic E-state index is -3.32. The first-order valence-electron chi connectivity index (χ1n) is 8.33. The van der Waals surface area contributed by atoms with Crippen LogP contribution < -0.4 is 4.74 Å². The van der Waals surface area contributed by atoms with Gasteiger partial charge in [-0.15, -0.1) is 11.3 Å². The molecule has 1 aliphatic heterocycles. The number of thiophene rings is 1. The summed E-state index contributed by atoms with van der Waals surface area (Å²) < 4.78 is 44.3. The van der Waals surface area contributed by atoms with Crippen LogP contribution in [-0.4, -0.2) is 44.2 Å².